The van der Waals surface area contributed by atoms with Gasteiger partial charge in [-0.2, -0.15) is 0 Å². The average Bonchev–Trinajstić information content (AvgIpc) is 3.11. The van der Waals surface area contributed by atoms with Gasteiger partial charge in [-0.05, 0) is 44.2 Å². The third-order valence-corrected chi connectivity index (χ3v) is 8.46. The van der Waals surface area contributed by atoms with Crippen molar-refractivity contribution in [3.63, 3.8) is 0 Å². The molecule has 1 aliphatic heterocycles. The van der Waals surface area contributed by atoms with Gasteiger partial charge in [-0.1, -0.05) is 33.1 Å². The van der Waals surface area contributed by atoms with Crippen molar-refractivity contribution < 1.29 is 9.59 Å². The molecular formula is C16H17Br2NO2S2. The van der Waals surface area contributed by atoms with Crippen LogP contribution >= 0.6 is 54.5 Å². The van der Waals surface area contributed by atoms with Gasteiger partial charge in [0.25, 0.3) is 11.8 Å². The summed E-state index contributed by atoms with van der Waals surface area (Å²) < 4.78 is 2.88. The van der Waals surface area contributed by atoms with E-state index in [1.807, 2.05) is 0 Å². The number of thiophene rings is 2. The van der Waals surface area contributed by atoms with Gasteiger partial charge in [0.05, 0.1) is 17.8 Å². The molecular weight excluding hydrogens is 462 g/mol. The lowest BCUT2D eigenvalue weighted by molar-refractivity contribution is 0.0626. The van der Waals surface area contributed by atoms with Gasteiger partial charge in [0.2, 0.25) is 0 Å². The van der Waals surface area contributed by atoms with Gasteiger partial charge in [0, 0.05) is 11.9 Å². The number of carbonyl (C=O) groups excluding carboxylic acids is 2. The van der Waals surface area contributed by atoms with Crippen LogP contribution in [0.1, 0.15) is 59.6 Å². The van der Waals surface area contributed by atoms with Crippen LogP contribution in [-0.4, -0.2) is 23.3 Å². The zero-order valence-electron chi connectivity index (χ0n) is 12.9. The molecule has 3 rings (SSSR count). The molecule has 0 N–H and O–H groups in total. The second kappa shape index (κ2) is 6.94. The number of nitrogens with zero attached hydrogens (tertiary/aromatic N) is 1. The van der Waals surface area contributed by atoms with Gasteiger partial charge in [-0.25, -0.2) is 0 Å². The number of hydrogen-bond donors (Lipinski definition) is 0. The molecule has 7 heteroatoms. The minimum Gasteiger partial charge on any atom is -0.273 e. The first-order valence-corrected chi connectivity index (χ1v) is 11.0. The summed E-state index contributed by atoms with van der Waals surface area (Å²) in [7, 11) is 0. The highest BCUT2D eigenvalue weighted by Crippen LogP contribution is 2.48. The zero-order valence-corrected chi connectivity index (χ0v) is 17.8. The highest BCUT2D eigenvalue weighted by Gasteiger charge is 2.41. The van der Waals surface area contributed by atoms with Gasteiger partial charge in [-0.3, -0.25) is 14.5 Å². The normalized spacial score (nSPS) is 15.7. The molecule has 3 nitrogen and oxygen atoms in total. The standard InChI is InChI=1S/C16H17Br2NO2S2/c1-3-5-6-8(4-2)7-19-15(20)10-9-11(14(18)23-13(9)17)22-12(10)16(19)21/h8H,3-7H2,1-2H3. The van der Waals surface area contributed by atoms with E-state index in [2.05, 4.69) is 45.7 Å². The first-order valence-electron chi connectivity index (χ1n) is 7.76. The van der Waals surface area contributed by atoms with E-state index in [1.165, 1.54) is 16.2 Å². The van der Waals surface area contributed by atoms with E-state index in [-0.39, 0.29) is 11.8 Å². The minimum absolute atomic E-state index is 0.120. The van der Waals surface area contributed by atoms with Crippen molar-refractivity contribution >= 4 is 76.4 Å². The molecule has 0 aromatic carbocycles. The number of fused-ring (bicyclic) bond motifs is 3. The van der Waals surface area contributed by atoms with Gasteiger partial charge in [-0.15, -0.1) is 22.7 Å². The lowest BCUT2D eigenvalue weighted by Crippen LogP contribution is -2.34. The molecule has 23 heavy (non-hydrogen) atoms. The molecule has 1 unspecified atom stereocenters. The van der Waals surface area contributed by atoms with Crippen LogP contribution in [0.2, 0.25) is 0 Å². The van der Waals surface area contributed by atoms with E-state index in [0.717, 1.165) is 43.3 Å². The molecule has 0 aliphatic carbocycles. The number of rotatable bonds is 6. The number of halogens is 2. The van der Waals surface area contributed by atoms with Crippen LogP contribution in [-0.2, 0) is 0 Å². The Morgan fingerprint density at radius 2 is 1.83 bits per heavy atom. The Kier molecular flexibility index (Phi) is 5.30. The van der Waals surface area contributed by atoms with Crippen LogP contribution in [0.25, 0.3) is 10.1 Å². The highest BCUT2D eigenvalue weighted by molar-refractivity contribution is 9.12. The van der Waals surface area contributed by atoms with Gasteiger partial charge < -0.3 is 0 Å². The molecule has 0 bridgehead atoms. The molecule has 3 heterocycles. The molecule has 1 aliphatic rings. The Labute approximate surface area is 160 Å². The number of carbonyl (C=O) groups is 2. The maximum Gasteiger partial charge on any atom is 0.271 e. The summed E-state index contributed by atoms with van der Waals surface area (Å²) in [5.74, 6) is 0.146. The van der Waals surface area contributed by atoms with Crippen molar-refractivity contribution in [1.82, 2.24) is 4.90 Å². The van der Waals surface area contributed by atoms with Crippen LogP contribution in [0.5, 0.6) is 0 Å². The smallest absolute Gasteiger partial charge is 0.271 e. The topological polar surface area (TPSA) is 37.4 Å². The van der Waals surface area contributed by atoms with E-state index in [1.54, 1.807) is 11.3 Å². The Hall–Kier alpha value is -0.240. The van der Waals surface area contributed by atoms with Gasteiger partial charge in [0.15, 0.2) is 0 Å². The monoisotopic (exact) mass is 477 g/mol. The van der Waals surface area contributed by atoms with Crippen LogP contribution in [0.3, 0.4) is 0 Å². The molecule has 0 saturated heterocycles. The van der Waals surface area contributed by atoms with E-state index < -0.39 is 0 Å². The second-order valence-corrected chi connectivity index (χ2v) is 10.5. The van der Waals surface area contributed by atoms with Crippen LogP contribution < -0.4 is 0 Å². The van der Waals surface area contributed by atoms with Crippen LogP contribution in [0.15, 0.2) is 7.57 Å². The molecule has 0 saturated carbocycles. The molecule has 2 aromatic heterocycles. The first-order chi connectivity index (χ1) is 11.0. The molecule has 0 radical (unpaired) electrons. The summed E-state index contributed by atoms with van der Waals surface area (Å²) in [4.78, 5) is 27.6. The summed E-state index contributed by atoms with van der Waals surface area (Å²) in [6.45, 7) is 4.84. The second-order valence-electron chi connectivity index (χ2n) is 5.80. The summed E-state index contributed by atoms with van der Waals surface area (Å²) in [5, 5.41) is 0.893. The summed E-state index contributed by atoms with van der Waals surface area (Å²) in [6.07, 6.45) is 4.35. The number of unbranched alkanes of at least 4 members (excludes halogenated alkanes) is 1. The van der Waals surface area contributed by atoms with Crippen molar-refractivity contribution in [3.8, 4) is 0 Å². The summed E-state index contributed by atoms with van der Waals surface area (Å²) >= 11 is 10.0. The molecule has 1 atom stereocenters. The summed E-state index contributed by atoms with van der Waals surface area (Å²) in [5.41, 5.74) is 0.592. The number of hydrogen-bond acceptors (Lipinski definition) is 4. The molecule has 2 amide bonds. The van der Waals surface area contributed by atoms with Crippen molar-refractivity contribution in [1.29, 1.82) is 0 Å². The lowest BCUT2D eigenvalue weighted by Gasteiger charge is -2.21. The SMILES string of the molecule is CCCCC(CC)CN1C(=O)c2sc3c(Br)sc(Br)c3c2C1=O. The number of imide groups is 1. The first kappa shape index (κ1) is 17.6. The zero-order chi connectivity index (χ0) is 16.7. The largest absolute Gasteiger partial charge is 0.273 e. The number of amides is 2. The van der Waals surface area contributed by atoms with Crippen molar-refractivity contribution in [2.45, 2.75) is 39.5 Å². The Balaban J connectivity index is 1.92. The maximum absolute atomic E-state index is 12.8. The van der Waals surface area contributed by atoms with Crippen LogP contribution in [0.4, 0.5) is 0 Å². The van der Waals surface area contributed by atoms with Gasteiger partial charge >= 0.3 is 0 Å². The third kappa shape index (κ3) is 2.94. The third-order valence-electron chi connectivity index (χ3n) is 4.34. The fourth-order valence-electron chi connectivity index (χ4n) is 2.98. The van der Waals surface area contributed by atoms with E-state index in [0.29, 0.717) is 22.9 Å². The fraction of sp³-hybridized carbons (Fsp3) is 0.500. The minimum atomic E-state index is -0.128. The van der Waals surface area contributed by atoms with E-state index in [4.69, 9.17) is 0 Å². The fourth-order valence-corrected chi connectivity index (χ4v) is 7.62. The molecule has 0 fully saturated rings. The quantitative estimate of drug-likeness (QED) is 0.456. The van der Waals surface area contributed by atoms with E-state index >= 15 is 0 Å². The van der Waals surface area contributed by atoms with Crippen molar-refractivity contribution in [2.24, 2.45) is 5.92 Å². The maximum atomic E-state index is 12.8. The highest BCUT2D eigenvalue weighted by atomic mass is 79.9. The van der Waals surface area contributed by atoms with Crippen molar-refractivity contribution in [2.75, 3.05) is 6.54 Å². The van der Waals surface area contributed by atoms with Gasteiger partial charge in [0.1, 0.15) is 4.88 Å². The van der Waals surface area contributed by atoms with Crippen LogP contribution in [0, 0.1) is 5.92 Å². The van der Waals surface area contributed by atoms with Crippen molar-refractivity contribution in [3.05, 3.63) is 18.0 Å². The van der Waals surface area contributed by atoms with E-state index in [9.17, 15) is 9.59 Å². The average molecular weight is 479 g/mol. The summed E-state index contributed by atoms with van der Waals surface area (Å²) in [6, 6.07) is 0. The lowest BCUT2D eigenvalue weighted by atomic mass is 9.99. The molecule has 2 aromatic rings. The molecule has 0 spiro atoms. The predicted molar refractivity (Wildman–Crippen MR) is 104 cm³/mol. The molecule has 124 valence electrons. The Morgan fingerprint density at radius 1 is 1.09 bits per heavy atom. The predicted octanol–water partition coefficient (Wildman–Crippen LogP) is 6.30. The Morgan fingerprint density at radius 3 is 2.48 bits per heavy atom. The Bertz CT molecular complexity index is 781.